The smallest absolute Gasteiger partial charge is 0.227 e. The molecule has 1 saturated carbocycles. The van der Waals surface area contributed by atoms with E-state index in [9.17, 15) is 9.90 Å². The van der Waals surface area contributed by atoms with Gasteiger partial charge in [0.1, 0.15) is 0 Å². The number of carbonyl (C=O) groups excluding carboxylic acids is 1. The second-order valence-electron chi connectivity index (χ2n) is 5.67. The molecule has 21 heavy (non-hydrogen) atoms. The molecule has 0 saturated heterocycles. The molecule has 116 valence electrons. The average Bonchev–Trinajstić information content (AvgIpc) is 3.02. The molecule has 1 atom stereocenters. The predicted octanol–water partition coefficient (Wildman–Crippen LogP) is 1.89. The molecule has 4 N–H and O–H groups in total. The molecule has 5 nitrogen and oxygen atoms in total. The van der Waals surface area contributed by atoms with E-state index in [0.717, 1.165) is 42.6 Å². The minimum atomic E-state index is -0.791. The molecule has 1 aliphatic carbocycles. The van der Waals surface area contributed by atoms with Crippen molar-refractivity contribution in [2.45, 2.75) is 38.7 Å². The van der Waals surface area contributed by atoms with E-state index in [1.807, 2.05) is 25.1 Å². The van der Waals surface area contributed by atoms with Gasteiger partial charge >= 0.3 is 0 Å². The molecule has 2 rings (SSSR count). The van der Waals surface area contributed by atoms with Gasteiger partial charge in [-0.25, -0.2) is 0 Å². The second-order valence-corrected chi connectivity index (χ2v) is 5.67. The summed E-state index contributed by atoms with van der Waals surface area (Å²) in [6, 6.07) is 5.64. The topological polar surface area (TPSA) is 81.6 Å². The van der Waals surface area contributed by atoms with Gasteiger partial charge in [-0.3, -0.25) is 4.79 Å². The van der Waals surface area contributed by atoms with Crippen LogP contribution in [0.1, 0.15) is 31.2 Å². The summed E-state index contributed by atoms with van der Waals surface area (Å²) in [4.78, 5) is 12.2. The van der Waals surface area contributed by atoms with Gasteiger partial charge in [0.25, 0.3) is 0 Å². The van der Waals surface area contributed by atoms with Crippen molar-refractivity contribution in [3.05, 3.63) is 23.8 Å². The van der Waals surface area contributed by atoms with Crippen LogP contribution in [0, 0.1) is 12.8 Å². The molecular weight excluding hydrogens is 268 g/mol. The minimum Gasteiger partial charge on any atom is -0.394 e. The Morgan fingerprint density at radius 2 is 2.00 bits per heavy atom. The van der Waals surface area contributed by atoms with Crippen molar-refractivity contribution in [3.8, 4) is 0 Å². The van der Waals surface area contributed by atoms with E-state index in [1.165, 1.54) is 0 Å². The summed E-state index contributed by atoms with van der Waals surface area (Å²) >= 11 is 0. The van der Waals surface area contributed by atoms with Gasteiger partial charge in [0.2, 0.25) is 5.91 Å². The van der Waals surface area contributed by atoms with Crippen LogP contribution < -0.4 is 10.6 Å². The van der Waals surface area contributed by atoms with Gasteiger partial charge in [0.05, 0.1) is 12.7 Å². The van der Waals surface area contributed by atoms with E-state index in [0.29, 0.717) is 0 Å². The number of amides is 1. The number of benzene rings is 1. The zero-order chi connectivity index (χ0) is 15.2. The standard InChI is InChI=1S/C16H24N2O3/c1-11-14(17-9-13(20)10-19)7-4-8-15(11)18-16(21)12-5-2-3-6-12/h4,7-8,12-13,17,19-20H,2-3,5-6,9-10H2,1H3,(H,18,21). The summed E-state index contributed by atoms with van der Waals surface area (Å²) in [7, 11) is 0. The van der Waals surface area contributed by atoms with Gasteiger partial charge in [0.15, 0.2) is 0 Å². The van der Waals surface area contributed by atoms with E-state index >= 15 is 0 Å². The fraction of sp³-hybridized carbons (Fsp3) is 0.562. The third kappa shape index (κ3) is 4.19. The molecule has 1 aliphatic rings. The first-order valence-electron chi connectivity index (χ1n) is 7.55. The molecule has 1 aromatic rings. The molecule has 1 aromatic carbocycles. The van der Waals surface area contributed by atoms with E-state index in [4.69, 9.17) is 5.11 Å². The van der Waals surface area contributed by atoms with Crippen LogP contribution in [0.25, 0.3) is 0 Å². The summed E-state index contributed by atoms with van der Waals surface area (Å²) in [5.41, 5.74) is 2.59. The van der Waals surface area contributed by atoms with Crippen LogP contribution in [-0.2, 0) is 4.79 Å². The van der Waals surface area contributed by atoms with Crippen LogP contribution in [0.2, 0.25) is 0 Å². The Bertz CT molecular complexity index is 484. The maximum atomic E-state index is 12.2. The van der Waals surface area contributed by atoms with Gasteiger partial charge < -0.3 is 20.8 Å². The van der Waals surface area contributed by atoms with Gasteiger partial charge in [-0.05, 0) is 37.5 Å². The molecule has 0 aromatic heterocycles. The zero-order valence-corrected chi connectivity index (χ0v) is 12.4. The fourth-order valence-corrected chi connectivity index (χ4v) is 2.68. The molecule has 0 bridgehead atoms. The quantitative estimate of drug-likeness (QED) is 0.645. The Labute approximate surface area is 125 Å². The number of rotatable bonds is 6. The van der Waals surface area contributed by atoms with Crippen LogP contribution in [-0.4, -0.2) is 35.4 Å². The zero-order valence-electron chi connectivity index (χ0n) is 12.4. The number of anilines is 2. The Balaban J connectivity index is 2.01. The number of hydrogen-bond acceptors (Lipinski definition) is 4. The summed E-state index contributed by atoms with van der Waals surface area (Å²) < 4.78 is 0. The van der Waals surface area contributed by atoms with Gasteiger partial charge in [-0.15, -0.1) is 0 Å². The lowest BCUT2D eigenvalue weighted by Gasteiger charge is -2.17. The van der Waals surface area contributed by atoms with E-state index in [2.05, 4.69) is 10.6 Å². The highest BCUT2D eigenvalue weighted by Crippen LogP contribution is 2.28. The predicted molar refractivity (Wildman–Crippen MR) is 83.3 cm³/mol. The lowest BCUT2D eigenvalue weighted by molar-refractivity contribution is -0.119. The van der Waals surface area contributed by atoms with E-state index < -0.39 is 6.10 Å². The van der Waals surface area contributed by atoms with Crippen LogP contribution in [0.15, 0.2) is 18.2 Å². The monoisotopic (exact) mass is 292 g/mol. The van der Waals surface area contributed by atoms with Gasteiger partial charge in [-0.2, -0.15) is 0 Å². The van der Waals surface area contributed by atoms with Gasteiger partial charge in [0, 0.05) is 23.8 Å². The Hall–Kier alpha value is -1.59. The Kier molecular flexibility index (Phi) is 5.59. The first-order valence-corrected chi connectivity index (χ1v) is 7.55. The maximum Gasteiger partial charge on any atom is 0.227 e. The van der Waals surface area contributed by atoms with Crippen molar-refractivity contribution in [2.24, 2.45) is 5.92 Å². The molecular formula is C16H24N2O3. The third-order valence-corrected chi connectivity index (χ3v) is 4.06. The number of aliphatic hydroxyl groups excluding tert-OH is 2. The van der Waals surface area contributed by atoms with Crippen molar-refractivity contribution >= 4 is 17.3 Å². The highest BCUT2D eigenvalue weighted by molar-refractivity contribution is 5.94. The summed E-state index contributed by atoms with van der Waals surface area (Å²) in [5, 5.41) is 24.3. The Morgan fingerprint density at radius 3 is 2.67 bits per heavy atom. The normalized spacial score (nSPS) is 16.7. The van der Waals surface area contributed by atoms with Crippen molar-refractivity contribution in [2.75, 3.05) is 23.8 Å². The molecule has 0 radical (unpaired) electrons. The molecule has 0 heterocycles. The molecule has 5 heteroatoms. The van der Waals surface area contributed by atoms with E-state index in [-0.39, 0.29) is 25.0 Å². The van der Waals surface area contributed by atoms with E-state index in [1.54, 1.807) is 0 Å². The summed E-state index contributed by atoms with van der Waals surface area (Å²) in [6.45, 7) is 1.93. The van der Waals surface area contributed by atoms with Crippen molar-refractivity contribution in [1.29, 1.82) is 0 Å². The maximum absolute atomic E-state index is 12.2. The molecule has 0 aliphatic heterocycles. The van der Waals surface area contributed by atoms with Crippen LogP contribution in [0.4, 0.5) is 11.4 Å². The largest absolute Gasteiger partial charge is 0.394 e. The van der Waals surface area contributed by atoms with Crippen LogP contribution in [0.5, 0.6) is 0 Å². The van der Waals surface area contributed by atoms with Crippen LogP contribution in [0.3, 0.4) is 0 Å². The second kappa shape index (κ2) is 7.43. The lowest BCUT2D eigenvalue weighted by atomic mass is 10.1. The first kappa shape index (κ1) is 15.8. The van der Waals surface area contributed by atoms with Crippen molar-refractivity contribution in [1.82, 2.24) is 0 Å². The van der Waals surface area contributed by atoms with Crippen molar-refractivity contribution < 1.29 is 15.0 Å². The summed E-state index contributed by atoms with van der Waals surface area (Å²) in [5.74, 6) is 0.236. The highest BCUT2D eigenvalue weighted by atomic mass is 16.3. The van der Waals surface area contributed by atoms with Gasteiger partial charge in [-0.1, -0.05) is 18.9 Å². The van der Waals surface area contributed by atoms with Crippen molar-refractivity contribution in [3.63, 3.8) is 0 Å². The number of hydrogen-bond donors (Lipinski definition) is 4. The number of aliphatic hydroxyl groups is 2. The number of carbonyl (C=O) groups is 1. The first-order chi connectivity index (χ1) is 10.1. The minimum absolute atomic E-state index is 0.100. The molecule has 0 spiro atoms. The Morgan fingerprint density at radius 1 is 1.33 bits per heavy atom. The lowest BCUT2D eigenvalue weighted by Crippen LogP contribution is -2.24. The fourth-order valence-electron chi connectivity index (χ4n) is 2.68. The summed E-state index contributed by atoms with van der Waals surface area (Å²) in [6.07, 6.45) is 3.44. The molecule has 1 fully saturated rings. The SMILES string of the molecule is Cc1c(NCC(O)CO)cccc1NC(=O)C1CCCC1. The molecule has 1 amide bonds. The average molecular weight is 292 g/mol. The number of nitrogens with one attached hydrogen (secondary N) is 2. The van der Waals surface area contributed by atoms with Crippen LogP contribution >= 0.6 is 0 Å². The third-order valence-electron chi connectivity index (χ3n) is 4.06. The molecule has 1 unspecified atom stereocenters. The highest BCUT2D eigenvalue weighted by Gasteiger charge is 2.23.